The summed E-state index contributed by atoms with van der Waals surface area (Å²) in [6, 6.07) is 7.09. The molecule has 21 heavy (non-hydrogen) atoms. The lowest BCUT2D eigenvalue weighted by molar-refractivity contribution is 0.0685. The molecule has 3 rings (SSSR count). The zero-order valence-corrected chi connectivity index (χ0v) is 11.6. The van der Waals surface area contributed by atoms with Crippen LogP contribution in [0.5, 0.6) is 0 Å². The average molecular weight is 288 g/mol. The van der Waals surface area contributed by atoms with E-state index in [4.69, 9.17) is 9.47 Å². The van der Waals surface area contributed by atoms with Crippen LogP contribution in [0.3, 0.4) is 0 Å². The van der Waals surface area contributed by atoms with Crippen molar-refractivity contribution in [2.45, 2.75) is 12.1 Å². The van der Waals surface area contributed by atoms with Gasteiger partial charge in [0.2, 0.25) is 0 Å². The molecular formula is C14H16N4O3. The van der Waals surface area contributed by atoms with E-state index in [9.17, 15) is 4.79 Å². The predicted octanol–water partition coefficient (Wildman–Crippen LogP) is 0.411. The Morgan fingerprint density at radius 1 is 1.43 bits per heavy atom. The van der Waals surface area contributed by atoms with E-state index < -0.39 is 0 Å². The van der Waals surface area contributed by atoms with Crippen molar-refractivity contribution in [2.75, 3.05) is 20.3 Å². The molecule has 1 fully saturated rings. The molecule has 1 aromatic carbocycles. The van der Waals surface area contributed by atoms with Crippen LogP contribution in [-0.2, 0) is 9.47 Å². The van der Waals surface area contributed by atoms with Gasteiger partial charge in [0.25, 0.3) is 5.91 Å². The first-order valence-corrected chi connectivity index (χ1v) is 6.65. The van der Waals surface area contributed by atoms with Crippen LogP contribution >= 0.6 is 0 Å². The maximum absolute atomic E-state index is 12.5. The van der Waals surface area contributed by atoms with Gasteiger partial charge < -0.3 is 14.8 Å². The number of aromatic nitrogens is 3. The van der Waals surface area contributed by atoms with Crippen LogP contribution in [0.15, 0.2) is 36.9 Å². The van der Waals surface area contributed by atoms with Crippen molar-refractivity contribution in [3.8, 4) is 5.69 Å². The van der Waals surface area contributed by atoms with Gasteiger partial charge in [-0.1, -0.05) is 12.1 Å². The lowest BCUT2D eigenvalue weighted by Gasteiger charge is -2.18. The van der Waals surface area contributed by atoms with E-state index >= 15 is 0 Å². The van der Waals surface area contributed by atoms with Crippen molar-refractivity contribution < 1.29 is 14.3 Å². The van der Waals surface area contributed by atoms with Crippen molar-refractivity contribution in [3.63, 3.8) is 0 Å². The molecule has 1 aromatic heterocycles. The van der Waals surface area contributed by atoms with Crippen LogP contribution < -0.4 is 5.32 Å². The van der Waals surface area contributed by atoms with Gasteiger partial charge in [-0.05, 0) is 12.1 Å². The third-order valence-corrected chi connectivity index (χ3v) is 3.46. The number of carbonyl (C=O) groups excluding carboxylic acids is 1. The molecule has 2 aromatic rings. The molecule has 1 amide bonds. The van der Waals surface area contributed by atoms with Crippen molar-refractivity contribution >= 4 is 5.91 Å². The van der Waals surface area contributed by atoms with Gasteiger partial charge in [-0.25, -0.2) is 9.67 Å². The first-order chi connectivity index (χ1) is 10.3. The van der Waals surface area contributed by atoms with Gasteiger partial charge in [0.05, 0.1) is 30.5 Å². The molecule has 110 valence electrons. The molecule has 0 bridgehead atoms. The first-order valence-electron chi connectivity index (χ1n) is 6.65. The van der Waals surface area contributed by atoms with Crippen LogP contribution in [0.25, 0.3) is 5.69 Å². The number of para-hydroxylation sites is 1. The van der Waals surface area contributed by atoms with Crippen LogP contribution in [0.1, 0.15) is 10.4 Å². The fraction of sp³-hybridized carbons (Fsp3) is 0.357. The van der Waals surface area contributed by atoms with E-state index in [1.54, 1.807) is 24.2 Å². The monoisotopic (exact) mass is 288 g/mol. The summed E-state index contributed by atoms with van der Waals surface area (Å²) in [7, 11) is 1.61. The van der Waals surface area contributed by atoms with Gasteiger partial charge >= 0.3 is 0 Å². The number of amides is 1. The number of nitrogens with zero attached hydrogens (tertiary/aromatic N) is 3. The standard InChI is InChI=1S/C14H16N4O3/c1-20-13-7-21-6-11(13)17-14(19)10-4-2-3-5-12(10)18-9-15-8-16-18/h2-5,8-9,11,13H,6-7H2,1H3,(H,17,19)/t11-,13-/m0/s1. The van der Waals surface area contributed by atoms with Crippen LogP contribution in [0.2, 0.25) is 0 Å². The van der Waals surface area contributed by atoms with Crippen molar-refractivity contribution in [1.82, 2.24) is 20.1 Å². The van der Waals surface area contributed by atoms with Gasteiger partial charge in [-0.15, -0.1) is 0 Å². The fourth-order valence-electron chi connectivity index (χ4n) is 2.35. The zero-order valence-electron chi connectivity index (χ0n) is 11.6. The lowest BCUT2D eigenvalue weighted by Crippen LogP contribution is -2.43. The maximum atomic E-state index is 12.5. The van der Waals surface area contributed by atoms with Crippen molar-refractivity contribution in [2.24, 2.45) is 0 Å². The Hall–Kier alpha value is -2.25. The third-order valence-electron chi connectivity index (χ3n) is 3.46. The van der Waals surface area contributed by atoms with E-state index in [0.717, 1.165) is 0 Å². The molecule has 0 saturated carbocycles. The molecule has 0 spiro atoms. The predicted molar refractivity (Wildman–Crippen MR) is 74.2 cm³/mol. The summed E-state index contributed by atoms with van der Waals surface area (Å²) in [6.45, 7) is 0.946. The summed E-state index contributed by atoms with van der Waals surface area (Å²) < 4.78 is 12.2. The van der Waals surface area contributed by atoms with E-state index in [1.807, 2.05) is 18.2 Å². The number of benzene rings is 1. The molecular weight excluding hydrogens is 272 g/mol. The molecule has 2 atom stereocenters. The number of methoxy groups -OCH3 is 1. The smallest absolute Gasteiger partial charge is 0.253 e. The minimum atomic E-state index is -0.182. The third kappa shape index (κ3) is 2.79. The summed E-state index contributed by atoms with van der Waals surface area (Å²) >= 11 is 0. The van der Waals surface area contributed by atoms with Gasteiger partial charge in [-0.2, -0.15) is 5.10 Å². The summed E-state index contributed by atoms with van der Waals surface area (Å²) in [5, 5.41) is 7.02. The van der Waals surface area contributed by atoms with E-state index in [-0.39, 0.29) is 18.1 Å². The van der Waals surface area contributed by atoms with Gasteiger partial charge in [0, 0.05) is 7.11 Å². The van der Waals surface area contributed by atoms with Gasteiger partial charge in [0.1, 0.15) is 18.8 Å². The highest BCUT2D eigenvalue weighted by Crippen LogP contribution is 2.15. The highest BCUT2D eigenvalue weighted by atomic mass is 16.5. The Morgan fingerprint density at radius 2 is 2.29 bits per heavy atom. The molecule has 0 radical (unpaired) electrons. The molecule has 1 saturated heterocycles. The number of hydrogen-bond acceptors (Lipinski definition) is 5. The highest BCUT2D eigenvalue weighted by Gasteiger charge is 2.30. The number of nitrogens with one attached hydrogen (secondary N) is 1. The molecule has 2 heterocycles. The quantitative estimate of drug-likeness (QED) is 0.881. The summed E-state index contributed by atoms with van der Waals surface area (Å²) in [5.74, 6) is -0.182. The van der Waals surface area contributed by atoms with E-state index in [1.165, 1.54) is 6.33 Å². The summed E-state index contributed by atoms with van der Waals surface area (Å²) in [5.41, 5.74) is 1.21. The zero-order chi connectivity index (χ0) is 14.7. The van der Waals surface area contributed by atoms with E-state index in [0.29, 0.717) is 24.5 Å². The van der Waals surface area contributed by atoms with Crippen LogP contribution in [0.4, 0.5) is 0 Å². The Balaban J connectivity index is 1.82. The molecule has 0 aliphatic carbocycles. The summed E-state index contributed by atoms with van der Waals surface area (Å²) in [4.78, 5) is 16.4. The van der Waals surface area contributed by atoms with Crippen molar-refractivity contribution in [1.29, 1.82) is 0 Å². The Kier molecular flexibility index (Phi) is 3.94. The molecule has 7 nitrogen and oxygen atoms in total. The highest BCUT2D eigenvalue weighted by molar-refractivity contribution is 5.97. The lowest BCUT2D eigenvalue weighted by atomic mass is 10.1. The molecule has 7 heteroatoms. The van der Waals surface area contributed by atoms with Gasteiger partial charge in [0.15, 0.2) is 0 Å². The second-order valence-corrected chi connectivity index (χ2v) is 4.75. The van der Waals surface area contributed by atoms with Crippen LogP contribution in [-0.4, -0.2) is 53.1 Å². The minimum absolute atomic E-state index is 0.118. The number of hydrogen-bond donors (Lipinski definition) is 1. The second-order valence-electron chi connectivity index (χ2n) is 4.75. The largest absolute Gasteiger partial charge is 0.377 e. The Morgan fingerprint density at radius 3 is 3.05 bits per heavy atom. The molecule has 0 unspecified atom stereocenters. The average Bonchev–Trinajstić information content (AvgIpc) is 3.18. The minimum Gasteiger partial charge on any atom is -0.377 e. The Labute approximate surface area is 121 Å². The number of ether oxygens (including phenoxy) is 2. The first kappa shape index (κ1) is 13.7. The van der Waals surface area contributed by atoms with Crippen molar-refractivity contribution in [3.05, 3.63) is 42.5 Å². The summed E-state index contributed by atoms with van der Waals surface area (Å²) in [6.07, 6.45) is 2.87. The fourth-order valence-corrected chi connectivity index (χ4v) is 2.35. The molecule has 1 aliphatic heterocycles. The Bertz CT molecular complexity index is 614. The SMILES string of the molecule is CO[C@H]1COC[C@@H]1NC(=O)c1ccccc1-n1cncn1. The topological polar surface area (TPSA) is 78.3 Å². The molecule has 1 N–H and O–H groups in total. The van der Waals surface area contributed by atoms with Crippen LogP contribution in [0, 0.1) is 0 Å². The molecule has 1 aliphatic rings. The maximum Gasteiger partial charge on any atom is 0.253 e. The van der Waals surface area contributed by atoms with E-state index in [2.05, 4.69) is 15.4 Å². The second kappa shape index (κ2) is 6.02. The van der Waals surface area contributed by atoms with Gasteiger partial charge in [-0.3, -0.25) is 4.79 Å². The number of carbonyl (C=O) groups is 1. The normalized spacial score (nSPS) is 21.4. The number of rotatable bonds is 4.